The van der Waals surface area contributed by atoms with E-state index in [0.29, 0.717) is 16.7 Å². The standard InChI is InChI=1S/C15H21ClN2OS/c1-18(10-12-5-3-2-4-6-12)15(19)11-20-14-8-7-13(16)9-17-14/h7-9,12H,2-6,10-11H2,1H3. The molecule has 3 nitrogen and oxygen atoms in total. The van der Waals surface area contributed by atoms with Crippen LogP contribution in [-0.2, 0) is 4.79 Å². The highest BCUT2D eigenvalue weighted by atomic mass is 35.5. The van der Waals surface area contributed by atoms with Gasteiger partial charge in [-0.25, -0.2) is 4.98 Å². The smallest absolute Gasteiger partial charge is 0.232 e. The molecule has 0 saturated heterocycles. The predicted octanol–water partition coefficient (Wildman–Crippen LogP) is 3.87. The maximum Gasteiger partial charge on any atom is 0.232 e. The Morgan fingerprint density at radius 2 is 2.15 bits per heavy atom. The summed E-state index contributed by atoms with van der Waals surface area (Å²) in [6.07, 6.45) is 8.13. The molecule has 110 valence electrons. The van der Waals surface area contributed by atoms with Crippen molar-refractivity contribution < 1.29 is 4.79 Å². The molecule has 0 aromatic carbocycles. The third kappa shape index (κ3) is 4.98. The summed E-state index contributed by atoms with van der Waals surface area (Å²) in [5, 5.41) is 1.46. The van der Waals surface area contributed by atoms with Gasteiger partial charge in [0.15, 0.2) is 0 Å². The lowest BCUT2D eigenvalue weighted by atomic mass is 9.89. The van der Waals surface area contributed by atoms with Crippen molar-refractivity contribution in [3.05, 3.63) is 23.4 Å². The predicted molar refractivity (Wildman–Crippen MR) is 84.2 cm³/mol. The zero-order chi connectivity index (χ0) is 14.4. The van der Waals surface area contributed by atoms with Gasteiger partial charge in [0.05, 0.1) is 15.8 Å². The molecule has 0 unspecified atom stereocenters. The molecular weight excluding hydrogens is 292 g/mol. The van der Waals surface area contributed by atoms with Gasteiger partial charge in [0.1, 0.15) is 0 Å². The van der Waals surface area contributed by atoms with Gasteiger partial charge in [0, 0.05) is 19.8 Å². The number of carbonyl (C=O) groups excluding carboxylic acids is 1. The van der Waals surface area contributed by atoms with E-state index in [1.807, 2.05) is 18.0 Å². The number of thioether (sulfide) groups is 1. The molecule has 1 saturated carbocycles. The number of pyridine rings is 1. The number of rotatable bonds is 5. The van der Waals surface area contributed by atoms with Crippen LogP contribution in [-0.4, -0.2) is 35.1 Å². The van der Waals surface area contributed by atoms with Crippen LogP contribution in [0.5, 0.6) is 0 Å². The van der Waals surface area contributed by atoms with Gasteiger partial charge < -0.3 is 4.90 Å². The van der Waals surface area contributed by atoms with E-state index in [1.54, 1.807) is 12.3 Å². The summed E-state index contributed by atoms with van der Waals surface area (Å²) in [6, 6.07) is 3.65. The van der Waals surface area contributed by atoms with E-state index in [1.165, 1.54) is 43.9 Å². The topological polar surface area (TPSA) is 33.2 Å². The van der Waals surface area contributed by atoms with Crippen LogP contribution in [0.3, 0.4) is 0 Å². The van der Waals surface area contributed by atoms with Gasteiger partial charge in [-0.3, -0.25) is 4.79 Å². The zero-order valence-electron chi connectivity index (χ0n) is 11.8. The second-order valence-corrected chi connectivity index (χ2v) is 6.81. The highest BCUT2D eigenvalue weighted by Gasteiger charge is 2.18. The minimum atomic E-state index is 0.178. The Kier molecular flexibility index (Phi) is 6.17. The minimum Gasteiger partial charge on any atom is -0.345 e. The van der Waals surface area contributed by atoms with Crippen LogP contribution in [0.4, 0.5) is 0 Å². The van der Waals surface area contributed by atoms with Gasteiger partial charge in [-0.2, -0.15) is 0 Å². The Morgan fingerprint density at radius 3 is 2.80 bits per heavy atom. The Morgan fingerprint density at radius 1 is 1.40 bits per heavy atom. The van der Waals surface area contributed by atoms with Gasteiger partial charge in [0.25, 0.3) is 0 Å². The second kappa shape index (κ2) is 7.89. The highest BCUT2D eigenvalue weighted by molar-refractivity contribution is 7.99. The van der Waals surface area contributed by atoms with Crippen molar-refractivity contribution in [2.45, 2.75) is 37.1 Å². The van der Waals surface area contributed by atoms with Gasteiger partial charge in [-0.15, -0.1) is 0 Å². The molecule has 1 aromatic rings. The van der Waals surface area contributed by atoms with Crippen molar-refractivity contribution in [1.82, 2.24) is 9.88 Å². The summed E-state index contributed by atoms with van der Waals surface area (Å²) in [4.78, 5) is 18.2. The SMILES string of the molecule is CN(CC1CCCCC1)C(=O)CSc1ccc(Cl)cn1. The van der Waals surface area contributed by atoms with Crippen molar-refractivity contribution in [2.75, 3.05) is 19.3 Å². The molecule has 1 aliphatic carbocycles. The van der Waals surface area contributed by atoms with Crippen LogP contribution >= 0.6 is 23.4 Å². The molecule has 20 heavy (non-hydrogen) atoms. The monoisotopic (exact) mass is 312 g/mol. The first-order chi connectivity index (χ1) is 9.65. The third-order valence-electron chi connectivity index (χ3n) is 3.73. The van der Waals surface area contributed by atoms with Crippen LogP contribution in [0.2, 0.25) is 5.02 Å². The molecule has 1 fully saturated rings. The normalized spacial score (nSPS) is 16.1. The first-order valence-electron chi connectivity index (χ1n) is 7.13. The summed E-state index contributed by atoms with van der Waals surface area (Å²) in [6.45, 7) is 0.896. The van der Waals surface area contributed by atoms with E-state index in [2.05, 4.69) is 4.98 Å². The van der Waals surface area contributed by atoms with Crippen LogP contribution in [0.1, 0.15) is 32.1 Å². The van der Waals surface area contributed by atoms with Crippen molar-refractivity contribution in [3.63, 3.8) is 0 Å². The number of nitrogens with zero attached hydrogens (tertiary/aromatic N) is 2. The maximum absolute atomic E-state index is 12.1. The van der Waals surface area contributed by atoms with Crippen molar-refractivity contribution in [3.8, 4) is 0 Å². The fourth-order valence-corrected chi connectivity index (χ4v) is 3.45. The van der Waals surface area contributed by atoms with Crippen LogP contribution < -0.4 is 0 Å². The number of carbonyl (C=O) groups is 1. The third-order valence-corrected chi connectivity index (χ3v) is 4.88. The molecule has 5 heteroatoms. The number of hydrogen-bond donors (Lipinski definition) is 0. The molecule has 1 heterocycles. The second-order valence-electron chi connectivity index (χ2n) is 5.38. The van der Waals surface area contributed by atoms with Crippen LogP contribution in [0.25, 0.3) is 0 Å². The van der Waals surface area contributed by atoms with Crippen LogP contribution in [0, 0.1) is 5.92 Å². The Bertz CT molecular complexity index is 432. The quantitative estimate of drug-likeness (QED) is 0.774. The molecule has 1 aliphatic rings. The van der Waals surface area contributed by atoms with E-state index in [4.69, 9.17) is 11.6 Å². The Labute approximate surface area is 130 Å². The summed E-state index contributed by atoms with van der Waals surface area (Å²) < 4.78 is 0. The molecule has 0 radical (unpaired) electrons. The molecular formula is C15H21ClN2OS. The van der Waals surface area contributed by atoms with E-state index in [0.717, 1.165) is 11.6 Å². The first kappa shape index (κ1) is 15.6. The van der Waals surface area contributed by atoms with Gasteiger partial charge >= 0.3 is 0 Å². The lowest BCUT2D eigenvalue weighted by molar-refractivity contribution is -0.127. The lowest BCUT2D eigenvalue weighted by Crippen LogP contribution is -2.33. The fraction of sp³-hybridized carbons (Fsp3) is 0.600. The minimum absolute atomic E-state index is 0.178. The number of amides is 1. The molecule has 2 rings (SSSR count). The first-order valence-corrected chi connectivity index (χ1v) is 8.50. The van der Waals surface area contributed by atoms with Crippen molar-refractivity contribution >= 4 is 29.3 Å². The van der Waals surface area contributed by atoms with Crippen molar-refractivity contribution in [1.29, 1.82) is 0 Å². The molecule has 0 bridgehead atoms. The average molecular weight is 313 g/mol. The lowest BCUT2D eigenvalue weighted by Gasteiger charge is -2.27. The Hall–Kier alpha value is -0.740. The molecule has 1 amide bonds. The number of halogens is 1. The average Bonchev–Trinajstić information content (AvgIpc) is 2.47. The fourth-order valence-electron chi connectivity index (χ4n) is 2.55. The highest BCUT2D eigenvalue weighted by Crippen LogP contribution is 2.24. The van der Waals surface area contributed by atoms with Gasteiger partial charge in [0.2, 0.25) is 5.91 Å². The van der Waals surface area contributed by atoms with E-state index in [-0.39, 0.29) is 5.91 Å². The van der Waals surface area contributed by atoms with Gasteiger partial charge in [-0.1, -0.05) is 42.6 Å². The van der Waals surface area contributed by atoms with Crippen molar-refractivity contribution in [2.24, 2.45) is 5.92 Å². The van der Waals surface area contributed by atoms with Gasteiger partial charge in [-0.05, 0) is 30.9 Å². The summed E-state index contributed by atoms with van der Waals surface area (Å²) in [7, 11) is 1.91. The van der Waals surface area contributed by atoms with Crippen LogP contribution in [0.15, 0.2) is 23.4 Å². The Balaban J connectivity index is 1.74. The maximum atomic E-state index is 12.1. The largest absolute Gasteiger partial charge is 0.345 e. The number of hydrogen-bond acceptors (Lipinski definition) is 3. The summed E-state index contributed by atoms with van der Waals surface area (Å²) >= 11 is 7.25. The zero-order valence-corrected chi connectivity index (χ0v) is 13.4. The molecule has 0 aliphatic heterocycles. The van der Waals surface area contributed by atoms with E-state index >= 15 is 0 Å². The number of aromatic nitrogens is 1. The van der Waals surface area contributed by atoms with E-state index in [9.17, 15) is 4.79 Å². The molecule has 0 atom stereocenters. The molecule has 1 aromatic heterocycles. The summed E-state index contributed by atoms with van der Waals surface area (Å²) in [5.74, 6) is 1.31. The summed E-state index contributed by atoms with van der Waals surface area (Å²) in [5.41, 5.74) is 0. The molecule has 0 N–H and O–H groups in total. The molecule has 0 spiro atoms. The van der Waals surface area contributed by atoms with E-state index < -0.39 is 0 Å².